The minimum atomic E-state index is 0.163. The Morgan fingerprint density at radius 2 is 2.00 bits per heavy atom. The lowest BCUT2D eigenvalue weighted by molar-refractivity contribution is 0.147. The van der Waals surface area contributed by atoms with Crippen molar-refractivity contribution in [2.45, 2.75) is 57.5 Å². The van der Waals surface area contributed by atoms with Gasteiger partial charge in [0, 0.05) is 29.3 Å². The van der Waals surface area contributed by atoms with Crippen LogP contribution < -0.4 is 5.32 Å². The molecular formula is C17H29NOS. The third kappa shape index (κ3) is 8.62. The Morgan fingerprint density at radius 1 is 1.20 bits per heavy atom. The van der Waals surface area contributed by atoms with Crippen LogP contribution in [-0.2, 0) is 11.3 Å². The first-order valence-corrected chi connectivity index (χ1v) is 8.54. The lowest BCUT2D eigenvalue weighted by atomic mass is 10.1. The van der Waals surface area contributed by atoms with Crippen LogP contribution in [0.25, 0.3) is 0 Å². The van der Waals surface area contributed by atoms with Crippen LogP contribution in [0, 0.1) is 0 Å². The fraction of sp³-hybridized carbons (Fsp3) is 0.647. The third-order valence-corrected chi connectivity index (χ3v) is 3.82. The van der Waals surface area contributed by atoms with Gasteiger partial charge in [0.25, 0.3) is 0 Å². The summed E-state index contributed by atoms with van der Waals surface area (Å²) in [7, 11) is 0. The van der Waals surface area contributed by atoms with E-state index in [2.05, 4.69) is 57.3 Å². The summed E-state index contributed by atoms with van der Waals surface area (Å²) >= 11 is 1.87. The fourth-order valence-electron chi connectivity index (χ4n) is 1.68. The Bertz CT molecular complexity index is 373. The average Bonchev–Trinajstić information content (AvgIpc) is 2.40. The van der Waals surface area contributed by atoms with Gasteiger partial charge in [-0.3, -0.25) is 0 Å². The molecule has 0 spiro atoms. The van der Waals surface area contributed by atoms with Crippen LogP contribution >= 0.6 is 11.8 Å². The van der Waals surface area contributed by atoms with Crippen LogP contribution in [0.3, 0.4) is 0 Å². The van der Waals surface area contributed by atoms with E-state index in [0.717, 1.165) is 25.5 Å². The monoisotopic (exact) mass is 295 g/mol. The number of nitrogens with one attached hydrogen (secondary N) is 1. The maximum Gasteiger partial charge on any atom is 0.0560 e. The molecule has 20 heavy (non-hydrogen) atoms. The number of benzene rings is 1. The number of hydrogen-bond acceptors (Lipinski definition) is 3. The largest absolute Gasteiger partial charge is 0.381 e. The SMILES string of the molecule is CCCCOCCSc1cccc(CNC(C)(C)C)c1. The molecule has 0 radical (unpaired) electrons. The zero-order chi connectivity index (χ0) is 14.8. The van der Waals surface area contributed by atoms with Crippen molar-refractivity contribution in [1.82, 2.24) is 5.32 Å². The topological polar surface area (TPSA) is 21.3 Å². The fourth-order valence-corrected chi connectivity index (χ4v) is 2.53. The summed E-state index contributed by atoms with van der Waals surface area (Å²) < 4.78 is 5.59. The summed E-state index contributed by atoms with van der Waals surface area (Å²) in [5.41, 5.74) is 1.51. The van der Waals surface area contributed by atoms with E-state index in [9.17, 15) is 0 Å². The second-order valence-electron chi connectivity index (χ2n) is 6.07. The second-order valence-corrected chi connectivity index (χ2v) is 7.23. The molecule has 0 saturated carbocycles. The molecule has 1 rings (SSSR count). The number of ether oxygens (including phenoxy) is 1. The van der Waals surface area contributed by atoms with E-state index in [4.69, 9.17) is 4.74 Å². The maximum absolute atomic E-state index is 5.59. The van der Waals surface area contributed by atoms with Crippen LogP contribution in [0.5, 0.6) is 0 Å². The zero-order valence-corrected chi connectivity index (χ0v) is 14.2. The standard InChI is InChI=1S/C17H29NOS/c1-5-6-10-19-11-12-20-16-9-7-8-15(13-16)14-18-17(2,3)4/h7-9,13,18H,5-6,10-12,14H2,1-4H3. The third-order valence-electron chi connectivity index (χ3n) is 2.86. The molecule has 1 N–H and O–H groups in total. The Hall–Kier alpha value is -0.510. The van der Waals surface area contributed by atoms with Crippen LogP contribution in [0.15, 0.2) is 29.2 Å². The van der Waals surface area contributed by atoms with E-state index < -0.39 is 0 Å². The molecule has 0 amide bonds. The molecule has 0 aliphatic heterocycles. The molecule has 0 aromatic heterocycles. The van der Waals surface area contributed by atoms with Gasteiger partial charge in [0.15, 0.2) is 0 Å². The highest BCUT2D eigenvalue weighted by Crippen LogP contribution is 2.19. The summed E-state index contributed by atoms with van der Waals surface area (Å²) in [6, 6.07) is 8.77. The summed E-state index contributed by atoms with van der Waals surface area (Å²) in [4.78, 5) is 1.33. The first-order valence-electron chi connectivity index (χ1n) is 7.56. The predicted octanol–water partition coefficient (Wildman–Crippen LogP) is 4.48. The van der Waals surface area contributed by atoms with Gasteiger partial charge in [-0.05, 0) is 44.9 Å². The van der Waals surface area contributed by atoms with E-state index in [1.807, 2.05) is 11.8 Å². The van der Waals surface area contributed by atoms with Crippen molar-refractivity contribution >= 4 is 11.8 Å². The smallest absolute Gasteiger partial charge is 0.0560 e. The van der Waals surface area contributed by atoms with E-state index in [1.54, 1.807) is 0 Å². The maximum atomic E-state index is 5.59. The van der Waals surface area contributed by atoms with Crippen molar-refractivity contribution in [2.75, 3.05) is 19.0 Å². The van der Waals surface area contributed by atoms with Gasteiger partial charge < -0.3 is 10.1 Å². The molecule has 3 heteroatoms. The van der Waals surface area contributed by atoms with Gasteiger partial charge in [0.05, 0.1) is 6.61 Å². The summed E-state index contributed by atoms with van der Waals surface area (Å²) in [5, 5.41) is 3.52. The molecule has 0 saturated heterocycles. The van der Waals surface area contributed by atoms with E-state index in [0.29, 0.717) is 0 Å². The molecule has 0 aliphatic rings. The van der Waals surface area contributed by atoms with E-state index in [1.165, 1.54) is 23.3 Å². The van der Waals surface area contributed by atoms with Crippen LogP contribution in [-0.4, -0.2) is 24.5 Å². The molecule has 1 aromatic carbocycles. The van der Waals surface area contributed by atoms with Crippen molar-refractivity contribution in [3.05, 3.63) is 29.8 Å². The van der Waals surface area contributed by atoms with Gasteiger partial charge >= 0.3 is 0 Å². The highest BCUT2D eigenvalue weighted by Gasteiger charge is 2.08. The molecule has 0 bridgehead atoms. The second kappa shape index (κ2) is 9.43. The van der Waals surface area contributed by atoms with Crippen LogP contribution in [0.4, 0.5) is 0 Å². The van der Waals surface area contributed by atoms with Gasteiger partial charge in [-0.2, -0.15) is 0 Å². The predicted molar refractivity (Wildman–Crippen MR) is 89.5 cm³/mol. The first kappa shape index (κ1) is 17.5. The molecule has 0 atom stereocenters. The minimum absolute atomic E-state index is 0.163. The summed E-state index contributed by atoms with van der Waals surface area (Å²) in [5.74, 6) is 1.03. The number of unbranched alkanes of at least 4 members (excludes halogenated alkanes) is 1. The average molecular weight is 295 g/mol. The highest BCUT2D eigenvalue weighted by molar-refractivity contribution is 7.99. The van der Waals surface area contributed by atoms with Gasteiger partial charge in [-0.1, -0.05) is 25.5 Å². The molecule has 0 aliphatic carbocycles. The molecule has 1 aromatic rings. The summed E-state index contributed by atoms with van der Waals surface area (Å²) in [6.07, 6.45) is 2.37. The lowest BCUT2D eigenvalue weighted by Crippen LogP contribution is -2.35. The number of thioether (sulfide) groups is 1. The van der Waals surface area contributed by atoms with Crippen LogP contribution in [0.2, 0.25) is 0 Å². The highest BCUT2D eigenvalue weighted by atomic mass is 32.2. The van der Waals surface area contributed by atoms with Gasteiger partial charge in [-0.15, -0.1) is 11.8 Å². The van der Waals surface area contributed by atoms with Gasteiger partial charge in [0.1, 0.15) is 0 Å². The van der Waals surface area contributed by atoms with Crippen molar-refractivity contribution in [3.8, 4) is 0 Å². The zero-order valence-electron chi connectivity index (χ0n) is 13.4. The molecule has 0 heterocycles. The van der Waals surface area contributed by atoms with E-state index in [-0.39, 0.29) is 5.54 Å². The Morgan fingerprint density at radius 3 is 2.70 bits per heavy atom. The van der Waals surface area contributed by atoms with Gasteiger partial charge in [0.2, 0.25) is 0 Å². The van der Waals surface area contributed by atoms with Crippen LogP contribution in [0.1, 0.15) is 46.1 Å². The Kier molecular flexibility index (Phi) is 8.27. The van der Waals surface area contributed by atoms with Gasteiger partial charge in [-0.25, -0.2) is 0 Å². The molecule has 2 nitrogen and oxygen atoms in total. The van der Waals surface area contributed by atoms with Crippen molar-refractivity contribution in [3.63, 3.8) is 0 Å². The number of rotatable bonds is 9. The van der Waals surface area contributed by atoms with Crippen molar-refractivity contribution in [2.24, 2.45) is 0 Å². The molecule has 114 valence electrons. The number of hydrogen-bond donors (Lipinski definition) is 1. The Labute approximate surface area is 128 Å². The molecular weight excluding hydrogens is 266 g/mol. The quantitative estimate of drug-likeness (QED) is 0.536. The van der Waals surface area contributed by atoms with Crippen molar-refractivity contribution in [1.29, 1.82) is 0 Å². The normalized spacial score (nSPS) is 11.8. The Balaban J connectivity index is 2.29. The summed E-state index contributed by atoms with van der Waals surface area (Å²) in [6.45, 7) is 11.4. The minimum Gasteiger partial charge on any atom is -0.381 e. The molecule has 0 fully saturated rings. The van der Waals surface area contributed by atoms with Crippen molar-refractivity contribution < 1.29 is 4.74 Å². The van der Waals surface area contributed by atoms with E-state index >= 15 is 0 Å². The first-order chi connectivity index (χ1) is 9.51. The molecule has 0 unspecified atom stereocenters. The lowest BCUT2D eigenvalue weighted by Gasteiger charge is -2.20.